The van der Waals surface area contributed by atoms with Crippen LogP contribution in [-0.4, -0.2) is 40.5 Å². The number of amides is 1. The van der Waals surface area contributed by atoms with Crippen molar-refractivity contribution >= 4 is 16.9 Å². The summed E-state index contributed by atoms with van der Waals surface area (Å²) in [4.78, 5) is 23.2. The van der Waals surface area contributed by atoms with Crippen LogP contribution in [0.2, 0.25) is 0 Å². The number of hydrogen-bond acceptors (Lipinski definition) is 4. The van der Waals surface area contributed by atoms with Gasteiger partial charge in [-0.1, -0.05) is 0 Å². The van der Waals surface area contributed by atoms with Gasteiger partial charge in [-0.15, -0.1) is 0 Å². The molecule has 1 fully saturated rings. The molecular formula is C21H20FN3O2. The van der Waals surface area contributed by atoms with Crippen LogP contribution in [0.15, 0.2) is 54.7 Å². The van der Waals surface area contributed by atoms with E-state index in [1.54, 1.807) is 6.20 Å². The Bertz CT molecular complexity index is 938. The third-order valence-electron chi connectivity index (χ3n) is 4.93. The highest BCUT2D eigenvalue weighted by molar-refractivity contribution is 5.78. The Hall–Kier alpha value is -3.02. The second kappa shape index (κ2) is 7.70. The topological polar surface area (TPSA) is 55.3 Å². The first-order chi connectivity index (χ1) is 13.2. The lowest BCUT2D eigenvalue weighted by Gasteiger charge is -2.31. The lowest BCUT2D eigenvalue weighted by atomic mass is 9.93. The van der Waals surface area contributed by atoms with E-state index in [0.29, 0.717) is 24.8 Å². The molecule has 0 N–H and O–H groups in total. The number of aromatic nitrogens is 2. The van der Waals surface area contributed by atoms with E-state index in [9.17, 15) is 9.18 Å². The predicted molar refractivity (Wildman–Crippen MR) is 100.0 cm³/mol. The first-order valence-corrected chi connectivity index (χ1v) is 9.07. The van der Waals surface area contributed by atoms with E-state index in [-0.39, 0.29) is 18.3 Å². The van der Waals surface area contributed by atoms with Crippen LogP contribution in [0, 0.1) is 5.82 Å². The maximum Gasteiger partial charge on any atom is 0.260 e. The van der Waals surface area contributed by atoms with Crippen LogP contribution in [0.5, 0.6) is 5.75 Å². The smallest absolute Gasteiger partial charge is 0.260 e. The van der Waals surface area contributed by atoms with Crippen LogP contribution in [0.3, 0.4) is 0 Å². The number of benzene rings is 1. The summed E-state index contributed by atoms with van der Waals surface area (Å²) in [6.07, 6.45) is 3.49. The molecule has 0 atom stereocenters. The van der Waals surface area contributed by atoms with Crippen LogP contribution in [0.25, 0.3) is 11.0 Å². The van der Waals surface area contributed by atoms with Crippen molar-refractivity contribution in [2.75, 3.05) is 19.7 Å². The Balaban J connectivity index is 1.32. The van der Waals surface area contributed by atoms with Gasteiger partial charge in [0, 0.05) is 36.3 Å². The molecule has 0 radical (unpaired) electrons. The summed E-state index contributed by atoms with van der Waals surface area (Å²) in [5, 5.41) is 1.03. The normalized spacial score (nSPS) is 15.1. The van der Waals surface area contributed by atoms with Gasteiger partial charge in [-0.3, -0.25) is 4.79 Å². The summed E-state index contributed by atoms with van der Waals surface area (Å²) in [5.74, 6) is 0.449. The zero-order valence-electron chi connectivity index (χ0n) is 14.8. The van der Waals surface area contributed by atoms with Crippen molar-refractivity contribution in [3.63, 3.8) is 0 Å². The Morgan fingerprint density at radius 3 is 2.67 bits per heavy atom. The number of ether oxygens (including phenoxy) is 1. The number of carbonyl (C=O) groups excluding carboxylic acids is 1. The number of piperidine rings is 1. The van der Waals surface area contributed by atoms with Crippen LogP contribution in [0.4, 0.5) is 4.39 Å². The number of fused-ring (bicyclic) bond motifs is 1. The molecule has 5 nitrogen and oxygen atoms in total. The standard InChI is InChI=1S/C21H20FN3O2/c22-17-4-6-18(7-5-17)27-14-20(26)25-12-9-15(10-13-25)19-8-3-16-2-1-11-23-21(16)24-19/h1-8,11,15H,9-10,12-14H2. The van der Waals surface area contributed by atoms with Crippen molar-refractivity contribution in [2.45, 2.75) is 18.8 Å². The molecule has 1 aromatic carbocycles. The zero-order valence-corrected chi connectivity index (χ0v) is 14.8. The molecule has 1 amide bonds. The van der Waals surface area contributed by atoms with Crippen molar-refractivity contribution in [1.29, 1.82) is 0 Å². The molecule has 0 spiro atoms. The summed E-state index contributed by atoms with van der Waals surface area (Å²) < 4.78 is 18.4. The van der Waals surface area contributed by atoms with E-state index < -0.39 is 0 Å². The molecule has 0 unspecified atom stereocenters. The molecule has 0 saturated carbocycles. The van der Waals surface area contributed by atoms with Gasteiger partial charge in [-0.2, -0.15) is 0 Å². The summed E-state index contributed by atoms with van der Waals surface area (Å²) >= 11 is 0. The van der Waals surface area contributed by atoms with Crippen molar-refractivity contribution < 1.29 is 13.9 Å². The SMILES string of the molecule is O=C(COc1ccc(F)cc1)N1CCC(c2ccc3cccnc3n2)CC1. The minimum atomic E-state index is -0.326. The molecule has 0 aliphatic carbocycles. The van der Waals surface area contributed by atoms with Gasteiger partial charge >= 0.3 is 0 Å². The second-order valence-electron chi connectivity index (χ2n) is 6.68. The molecule has 1 saturated heterocycles. The van der Waals surface area contributed by atoms with E-state index in [0.717, 1.165) is 29.6 Å². The summed E-state index contributed by atoms with van der Waals surface area (Å²) in [5.41, 5.74) is 1.80. The van der Waals surface area contributed by atoms with E-state index in [2.05, 4.69) is 22.1 Å². The monoisotopic (exact) mass is 365 g/mol. The van der Waals surface area contributed by atoms with Crippen molar-refractivity contribution in [2.24, 2.45) is 0 Å². The molecule has 3 aromatic rings. The van der Waals surface area contributed by atoms with Gasteiger partial charge in [0.1, 0.15) is 11.6 Å². The van der Waals surface area contributed by atoms with Crippen LogP contribution in [0.1, 0.15) is 24.5 Å². The van der Waals surface area contributed by atoms with Gasteiger partial charge in [0.05, 0.1) is 0 Å². The third-order valence-corrected chi connectivity index (χ3v) is 4.93. The fourth-order valence-electron chi connectivity index (χ4n) is 3.39. The lowest BCUT2D eigenvalue weighted by molar-refractivity contribution is -0.134. The first-order valence-electron chi connectivity index (χ1n) is 9.07. The molecule has 27 heavy (non-hydrogen) atoms. The maximum atomic E-state index is 12.9. The molecule has 4 rings (SSSR count). The van der Waals surface area contributed by atoms with Gasteiger partial charge in [0.25, 0.3) is 5.91 Å². The number of carbonyl (C=O) groups is 1. The van der Waals surface area contributed by atoms with E-state index >= 15 is 0 Å². The van der Waals surface area contributed by atoms with E-state index in [1.807, 2.05) is 17.0 Å². The number of pyridine rings is 2. The predicted octanol–water partition coefficient (Wildman–Crippen LogP) is 3.55. The van der Waals surface area contributed by atoms with E-state index in [1.165, 1.54) is 24.3 Å². The third kappa shape index (κ3) is 4.05. The zero-order chi connectivity index (χ0) is 18.6. The summed E-state index contributed by atoms with van der Waals surface area (Å²) in [6, 6.07) is 13.7. The minimum Gasteiger partial charge on any atom is -0.484 e. The Kier molecular flexibility index (Phi) is 4.96. The van der Waals surface area contributed by atoms with Gasteiger partial charge < -0.3 is 9.64 Å². The second-order valence-corrected chi connectivity index (χ2v) is 6.68. The van der Waals surface area contributed by atoms with Gasteiger partial charge in [0.2, 0.25) is 0 Å². The van der Waals surface area contributed by atoms with Crippen molar-refractivity contribution in [3.8, 4) is 5.75 Å². The molecular weight excluding hydrogens is 345 g/mol. The van der Waals surface area contributed by atoms with Gasteiger partial charge in [-0.05, 0) is 61.4 Å². The molecule has 3 heterocycles. The van der Waals surface area contributed by atoms with Crippen molar-refractivity contribution in [3.05, 3.63) is 66.2 Å². The van der Waals surface area contributed by atoms with E-state index in [4.69, 9.17) is 4.74 Å². The molecule has 0 bridgehead atoms. The summed E-state index contributed by atoms with van der Waals surface area (Å²) in [6.45, 7) is 1.32. The van der Waals surface area contributed by atoms with Gasteiger partial charge in [0.15, 0.2) is 12.3 Å². The molecule has 138 valence electrons. The Morgan fingerprint density at radius 1 is 1.11 bits per heavy atom. The quantitative estimate of drug-likeness (QED) is 0.709. The van der Waals surface area contributed by atoms with Crippen molar-refractivity contribution in [1.82, 2.24) is 14.9 Å². The van der Waals surface area contributed by atoms with Crippen LogP contribution in [-0.2, 0) is 4.79 Å². The highest BCUT2D eigenvalue weighted by atomic mass is 19.1. The first kappa shape index (κ1) is 17.4. The number of hydrogen-bond donors (Lipinski definition) is 0. The Labute approximate surface area is 156 Å². The Morgan fingerprint density at radius 2 is 1.89 bits per heavy atom. The minimum absolute atomic E-state index is 0.0333. The largest absolute Gasteiger partial charge is 0.484 e. The average molecular weight is 365 g/mol. The number of rotatable bonds is 4. The maximum absolute atomic E-state index is 12.9. The van der Waals surface area contributed by atoms with Gasteiger partial charge in [-0.25, -0.2) is 14.4 Å². The fraction of sp³-hybridized carbons (Fsp3) is 0.286. The number of nitrogens with zero attached hydrogens (tertiary/aromatic N) is 3. The van der Waals surface area contributed by atoms with Crippen LogP contribution >= 0.6 is 0 Å². The lowest BCUT2D eigenvalue weighted by Crippen LogP contribution is -2.40. The number of halogens is 1. The highest BCUT2D eigenvalue weighted by Crippen LogP contribution is 2.27. The average Bonchev–Trinajstić information content (AvgIpc) is 2.73. The fourth-order valence-corrected chi connectivity index (χ4v) is 3.39. The molecule has 2 aromatic heterocycles. The number of likely N-dealkylation sites (tertiary alicyclic amines) is 1. The molecule has 6 heteroatoms. The highest BCUT2D eigenvalue weighted by Gasteiger charge is 2.25. The molecule has 1 aliphatic rings. The molecule has 1 aliphatic heterocycles. The van der Waals surface area contributed by atoms with Crippen LogP contribution < -0.4 is 4.74 Å². The summed E-state index contributed by atoms with van der Waals surface area (Å²) in [7, 11) is 0.